The van der Waals surface area contributed by atoms with Gasteiger partial charge in [0.25, 0.3) is 0 Å². The molecule has 0 aromatic carbocycles. The van der Waals surface area contributed by atoms with E-state index in [0.717, 1.165) is 0 Å². The van der Waals surface area contributed by atoms with Crippen LogP contribution in [0.25, 0.3) is 0 Å². The van der Waals surface area contributed by atoms with E-state index in [1.807, 2.05) is 0 Å². The number of hydrogen-bond acceptors (Lipinski definition) is 5. The summed E-state index contributed by atoms with van der Waals surface area (Å²) in [6, 6.07) is 0. The number of H-pyrrole nitrogens is 1. The van der Waals surface area contributed by atoms with Crippen molar-refractivity contribution in [2.75, 3.05) is 26.4 Å². The highest BCUT2D eigenvalue weighted by Crippen LogP contribution is 2.03. The van der Waals surface area contributed by atoms with Crippen LogP contribution in [-0.4, -0.2) is 54.3 Å². The van der Waals surface area contributed by atoms with Crippen LogP contribution in [-0.2, 0) is 16.6 Å². The van der Waals surface area contributed by atoms with Crippen molar-refractivity contribution >= 4 is 10.0 Å². The lowest BCUT2D eigenvalue weighted by atomic mass is 10.6. The van der Waals surface area contributed by atoms with E-state index in [0.29, 0.717) is 18.2 Å². The standard InChI is InChI=1S/C8H17N5O2S/c1-7-10-8(12-11-7)6-13(3)16(14,15)5-4-9-2/h9H,4-6H2,1-3H3,(H,10,11,12). The molecular weight excluding hydrogens is 230 g/mol. The number of aromatic nitrogens is 3. The second-order valence-electron chi connectivity index (χ2n) is 3.51. The van der Waals surface area contributed by atoms with E-state index in [1.54, 1.807) is 14.0 Å². The Labute approximate surface area is 95.3 Å². The molecule has 1 aromatic heterocycles. The van der Waals surface area contributed by atoms with E-state index in [1.165, 1.54) is 11.4 Å². The van der Waals surface area contributed by atoms with Crippen molar-refractivity contribution in [2.24, 2.45) is 0 Å². The lowest BCUT2D eigenvalue weighted by Gasteiger charge is -2.14. The number of nitrogens with one attached hydrogen (secondary N) is 2. The SMILES string of the molecule is CNCCS(=O)(=O)N(C)Cc1n[nH]c(C)n1. The molecule has 0 atom stereocenters. The van der Waals surface area contributed by atoms with Gasteiger partial charge in [-0.3, -0.25) is 5.10 Å². The van der Waals surface area contributed by atoms with Gasteiger partial charge in [-0.2, -0.15) is 9.40 Å². The van der Waals surface area contributed by atoms with Crippen LogP contribution in [0.4, 0.5) is 0 Å². The molecule has 0 aliphatic carbocycles. The maximum Gasteiger partial charge on any atom is 0.215 e. The van der Waals surface area contributed by atoms with Crippen LogP contribution in [0.5, 0.6) is 0 Å². The van der Waals surface area contributed by atoms with E-state index >= 15 is 0 Å². The zero-order valence-electron chi connectivity index (χ0n) is 9.69. The third-order valence-corrected chi connectivity index (χ3v) is 3.89. The molecule has 0 spiro atoms. The van der Waals surface area contributed by atoms with Crippen LogP contribution in [0.15, 0.2) is 0 Å². The molecule has 16 heavy (non-hydrogen) atoms. The Morgan fingerprint density at radius 2 is 2.19 bits per heavy atom. The molecule has 7 nitrogen and oxygen atoms in total. The number of aromatic amines is 1. The molecule has 92 valence electrons. The molecule has 1 rings (SSSR count). The molecule has 0 aliphatic rings. The first-order valence-corrected chi connectivity index (χ1v) is 6.53. The van der Waals surface area contributed by atoms with Crippen molar-refractivity contribution in [1.29, 1.82) is 0 Å². The maximum absolute atomic E-state index is 11.7. The lowest BCUT2D eigenvalue weighted by Crippen LogP contribution is -2.32. The van der Waals surface area contributed by atoms with Crippen molar-refractivity contribution < 1.29 is 8.42 Å². The number of hydrogen-bond donors (Lipinski definition) is 2. The Hall–Kier alpha value is -0.990. The van der Waals surface area contributed by atoms with Crippen molar-refractivity contribution in [3.8, 4) is 0 Å². The van der Waals surface area contributed by atoms with Crippen LogP contribution < -0.4 is 5.32 Å². The smallest absolute Gasteiger partial charge is 0.215 e. The molecule has 1 heterocycles. The molecule has 0 fully saturated rings. The molecule has 0 unspecified atom stereocenters. The number of nitrogens with zero attached hydrogens (tertiary/aromatic N) is 3. The summed E-state index contributed by atoms with van der Waals surface area (Å²) in [6.45, 7) is 2.39. The minimum atomic E-state index is -3.23. The van der Waals surface area contributed by atoms with Crippen molar-refractivity contribution in [1.82, 2.24) is 24.8 Å². The van der Waals surface area contributed by atoms with E-state index in [4.69, 9.17) is 0 Å². The fourth-order valence-electron chi connectivity index (χ4n) is 1.14. The van der Waals surface area contributed by atoms with Crippen LogP contribution in [0.2, 0.25) is 0 Å². The number of aryl methyl sites for hydroxylation is 1. The van der Waals surface area contributed by atoms with Gasteiger partial charge in [-0.1, -0.05) is 0 Å². The quantitative estimate of drug-likeness (QED) is 0.679. The van der Waals surface area contributed by atoms with Crippen LogP contribution in [0.3, 0.4) is 0 Å². The molecule has 0 radical (unpaired) electrons. The van der Waals surface area contributed by atoms with Gasteiger partial charge in [-0.15, -0.1) is 0 Å². The first-order valence-electron chi connectivity index (χ1n) is 4.92. The molecule has 1 aromatic rings. The molecule has 8 heteroatoms. The van der Waals surface area contributed by atoms with E-state index < -0.39 is 10.0 Å². The Balaban J connectivity index is 2.61. The second-order valence-corrected chi connectivity index (χ2v) is 5.71. The lowest BCUT2D eigenvalue weighted by molar-refractivity contribution is 0.456. The molecule has 0 saturated heterocycles. The van der Waals surface area contributed by atoms with Gasteiger partial charge in [0.15, 0.2) is 5.82 Å². The summed E-state index contributed by atoms with van der Waals surface area (Å²) in [4.78, 5) is 4.06. The molecule has 2 N–H and O–H groups in total. The third-order valence-electron chi connectivity index (χ3n) is 2.09. The minimum Gasteiger partial charge on any atom is -0.319 e. The minimum absolute atomic E-state index is 0.0728. The molecule has 0 saturated carbocycles. The van der Waals surface area contributed by atoms with Crippen molar-refractivity contribution in [3.05, 3.63) is 11.6 Å². The van der Waals surface area contributed by atoms with Crippen molar-refractivity contribution in [3.63, 3.8) is 0 Å². The van der Waals surface area contributed by atoms with Crippen LogP contribution in [0.1, 0.15) is 11.6 Å². The topological polar surface area (TPSA) is 91.0 Å². The first-order chi connectivity index (χ1) is 7.45. The Kier molecular flexibility index (Phi) is 4.39. The highest BCUT2D eigenvalue weighted by Gasteiger charge is 2.18. The Morgan fingerprint density at radius 3 is 2.69 bits per heavy atom. The van der Waals surface area contributed by atoms with Gasteiger partial charge in [0.1, 0.15) is 5.82 Å². The van der Waals surface area contributed by atoms with Gasteiger partial charge in [0, 0.05) is 13.6 Å². The largest absolute Gasteiger partial charge is 0.319 e. The first kappa shape index (κ1) is 13.1. The van der Waals surface area contributed by atoms with Gasteiger partial charge >= 0.3 is 0 Å². The summed E-state index contributed by atoms with van der Waals surface area (Å²) in [5.74, 6) is 1.23. The predicted molar refractivity (Wildman–Crippen MR) is 60.3 cm³/mol. The number of sulfonamides is 1. The maximum atomic E-state index is 11.7. The van der Waals surface area contributed by atoms with Gasteiger partial charge in [0.05, 0.1) is 12.3 Å². The zero-order valence-corrected chi connectivity index (χ0v) is 10.5. The monoisotopic (exact) mass is 247 g/mol. The fraction of sp³-hybridized carbons (Fsp3) is 0.750. The highest BCUT2D eigenvalue weighted by atomic mass is 32.2. The van der Waals surface area contributed by atoms with Crippen LogP contribution >= 0.6 is 0 Å². The number of rotatable bonds is 6. The Morgan fingerprint density at radius 1 is 1.50 bits per heavy atom. The fourth-order valence-corrected chi connectivity index (χ4v) is 2.23. The molecule has 0 bridgehead atoms. The third kappa shape index (κ3) is 3.54. The highest BCUT2D eigenvalue weighted by molar-refractivity contribution is 7.89. The van der Waals surface area contributed by atoms with E-state index in [2.05, 4.69) is 20.5 Å². The van der Waals surface area contributed by atoms with E-state index in [-0.39, 0.29) is 12.3 Å². The van der Waals surface area contributed by atoms with Gasteiger partial charge in [-0.25, -0.2) is 13.4 Å². The van der Waals surface area contributed by atoms with Gasteiger partial charge in [0.2, 0.25) is 10.0 Å². The summed E-state index contributed by atoms with van der Waals surface area (Å²) < 4.78 is 24.7. The second kappa shape index (κ2) is 5.37. The summed E-state index contributed by atoms with van der Waals surface area (Å²) in [5, 5.41) is 9.37. The normalized spacial score (nSPS) is 12.2. The molecular formula is C8H17N5O2S. The summed E-state index contributed by atoms with van der Waals surface area (Å²) >= 11 is 0. The summed E-state index contributed by atoms with van der Waals surface area (Å²) in [7, 11) is 0.00648. The average molecular weight is 247 g/mol. The summed E-state index contributed by atoms with van der Waals surface area (Å²) in [6.07, 6.45) is 0. The molecule has 0 amide bonds. The Bertz CT molecular complexity index is 427. The summed E-state index contributed by atoms with van der Waals surface area (Å²) in [5.41, 5.74) is 0. The zero-order chi connectivity index (χ0) is 12.2. The van der Waals surface area contributed by atoms with Gasteiger partial charge < -0.3 is 5.32 Å². The van der Waals surface area contributed by atoms with Gasteiger partial charge in [-0.05, 0) is 14.0 Å². The molecule has 0 aliphatic heterocycles. The average Bonchev–Trinajstić information content (AvgIpc) is 2.61. The van der Waals surface area contributed by atoms with Crippen LogP contribution in [0, 0.1) is 6.92 Å². The van der Waals surface area contributed by atoms with E-state index in [9.17, 15) is 8.42 Å². The predicted octanol–water partition coefficient (Wildman–Crippen LogP) is -0.906. The van der Waals surface area contributed by atoms with Crippen molar-refractivity contribution in [2.45, 2.75) is 13.5 Å².